The van der Waals surface area contributed by atoms with Gasteiger partial charge in [-0.25, -0.2) is 4.98 Å². The van der Waals surface area contributed by atoms with Crippen LogP contribution in [0.5, 0.6) is 0 Å². The van der Waals surface area contributed by atoms with Gasteiger partial charge in [-0.15, -0.1) is 11.3 Å². The second-order valence-electron chi connectivity index (χ2n) is 5.43. The molecule has 1 saturated carbocycles. The predicted octanol–water partition coefficient (Wildman–Crippen LogP) is 3.62. The molecule has 0 bridgehead atoms. The minimum Gasteiger partial charge on any atom is -0.316 e. The van der Waals surface area contributed by atoms with E-state index in [0.29, 0.717) is 5.41 Å². The Labute approximate surface area is 112 Å². The summed E-state index contributed by atoms with van der Waals surface area (Å²) < 4.78 is 1.32. The fourth-order valence-corrected chi connectivity index (χ4v) is 3.58. The van der Waals surface area contributed by atoms with Crippen LogP contribution in [0.15, 0.2) is 24.3 Å². The zero-order valence-corrected chi connectivity index (χ0v) is 11.7. The smallest absolute Gasteiger partial charge is 0.0944 e. The second kappa shape index (κ2) is 4.98. The summed E-state index contributed by atoms with van der Waals surface area (Å²) in [6.45, 7) is 4.53. The number of aromatic nitrogens is 1. The highest BCUT2D eigenvalue weighted by Gasteiger charge is 2.42. The molecule has 1 fully saturated rings. The average Bonchev–Trinajstić information content (AvgIpc) is 3.00. The highest BCUT2D eigenvalue weighted by atomic mass is 32.1. The van der Waals surface area contributed by atoms with Crippen LogP contribution in [0.25, 0.3) is 10.2 Å². The van der Waals surface area contributed by atoms with Crippen molar-refractivity contribution in [2.75, 3.05) is 13.1 Å². The van der Waals surface area contributed by atoms with Gasteiger partial charge in [0, 0.05) is 13.0 Å². The zero-order chi connectivity index (χ0) is 12.4. The standard InChI is InChI=1S/C15H20N2S/c1-2-9-16-11-15(7-8-15)10-14-17-12-5-3-4-6-13(12)18-14/h3-6,16H,2,7-11H2,1H3. The van der Waals surface area contributed by atoms with Crippen molar-refractivity contribution in [2.45, 2.75) is 32.6 Å². The lowest BCUT2D eigenvalue weighted by molar-refractivity contribution is 0.455. The number of nitrogens with one attached hydrogen (secondary N) is 1. The van der Waals surface area contributed by atoms with Gasteiger partial charge in [0.05, 0.1) is 15.2 Å². The highest BCUT2D eigenvalue weighted by molar-refractivity contribution is 7.18. The van der Waals surface area contributed by atoms with Crippen LogP contribution < -0.4 is 5.32 Å². The Morgan fingerprint density at radius 1 is 1.33 bits per heavy atom. The first kappa shape index (κ1) is 12.1. The molecule has 0 aliphatic heterocycles. The van der Waals surface area contributed by atoms with Crippen LogP contribution in [0, 0.1) is 5.41 Å². The SMILES string of the molecule is CCCNCC1(Cc2nc3ccccc3s2)CC1. The van der Waals surface area contributed by atoms with Gasteiger partial charge in [-0.2, -0.15) is 0 Å². The molecule has 0 radical (unpaired) electrons. The van der Waals surface area contributed by atoms with Crippen molar-refractivity contribution in [3.63, 3.8) is 0 Å². The summed E-state index contributed by atoms with van der Waals surface area (Å²) in [4.78, 5) is 4.76. The van der Waals surface area contributed by atoms with Crippen LogP contribution in [0.4, 0.5) is 0 Å². The first-order valence-electron chi connectivity index (χ1n) is 6.86. The number of nitrogens with zero attached hydrogens (tertiary/aromatic N) is 1. The molecule has 1 aromatic heterocycles. The lowest BCUT2D eigenvalue weighted by Gasteiger charge is -2.13. The molecule has 1 aliphatic rings. The van der Waals surface area contributed by atoms with Gasteiger partial charge >= 0.3 is 0 Å². The summed E-state index contributed by atoms with van der Waals surface area (Å²) in [7, 11) is 0. The molecule has 0 saturated heterocycles. The van der Waals surface area contributed by atoms with E-state index in [2.05, 4.69) is 36.5 Å². The van der Waals surface area contributed by atoms with Crippen molar-refractivity contribution in [1.82, 2.24) is 10.3 Å². The maximum atomic E-state index is 4.76. The monoisotopic (exact) mass is 260 g/mol. The van der Waals surface area contributed by atoms with Crippen LogP contribution in [-0.2, 0) is 6.42 Å². The summed E-state index contributed by atoms with van der Waals surface area (Å²) in [5, 5.41) is 4.88. The average molecular weight is 260 g/mol. The van der Waals surface area contributed by atoms with Crippen molar-refractivity contribution < 1.29 is 0 Å². The molecule has 96 valence electrons. The Kier molecular flexibility index (Phi) is 3.35. The minimum atomic E-state index is 0.517. The first-order chi connectivity index (χ1) is 8.81. The van der Waals surface area contributed by atoms with E-state index < -0.39 is 0 Å². The molecule has 2 aromatic rings. The van der Waals surface area contributed by atoms with Crippen molar-refractivity contribution in [2.24, 2.45) is 5.41 Å². The fourth-order valence-electron chi connectivity index (χ4n) is 2.44. The molecule has 0 unspecified atom stereocenters. The lowest BCUT2D eigenvalue weighted by atomic mass is 10.0. The van der Waals surface area contributed by atoms with E-state index >= 15 is 0 Å². The quantitative estimate of drug-likeness (QED) is 0.802. The van der Waals surface area contributed by atoms with Crippen molar-refractivity contribution in [3.05, 3.63) is 29.3 Å². The van der Waals surface area contributed by atoms with E-state index in [0.717, 1.165) is 25.0 Å². The van der Waals surface area contributed by atoms with E-state index in [4.69, 9.17) is 4.98 Å². The maximum Gasteiger partial charge on any atom is 0.0944 e. The van der Waals surface area contributed by atoms with E-state index in [-0.39, 0.29) is 0 Å². The number of thiazole rings is 1. The summed E-state index contributed by atoms with van der Waals surface area (Å²) >= 11 is 1.86. The van der Waals surface area contributed by atoms with E-state index in [1.165, 1.54) is 29.0 Å². The largest absolute Gasteiger partial charge is 0.316 e. The molecule has 3 rings (SSSR count). The first-order valence-corrected chi connectivity index (χ1v) is 7.68. The topological polar surface area (TPSA) is 24.9 Å². The van der Waals surface area contributed by atoms with Gasteiger partial charge in [-0.3, -0.25) is 0 Å². The van der Waals surface area contributed by atoms with Gasteiger partial charge in [-0.1, -0.05) is 19.1 Å². The molecule has 0 spiro atoms. The number of benzene rings is 1. The third-order valence-electron chi connectivity index (χ3n) is 3.75. The van der Waals surface area contributed by atoms with E-state index in [1.54, 1.807) is 0 Å². The Morgan fingerprint density at radius 2 is 2.17 bits per heavy atom. The van der Waals surface area contributed by atoms with Crippen LogP contribution >= 0.6 is 11.3 Å². The molecule has 1 N–H and O–H groups in total. The van der Waals surface area contributed by atoms with Gasteiger partial charge in [0.15, 0.2) is 0 Å². The third kappa shape index (κ3) is 2.57. The molecular formula is C15H20N2S. The molecule has 2 nitrogen and oxygen atoms in total. The van der Waals surface area contributed by atoms with Gasteiger partial charge in [0.25, 0.3) is 0 Å². The number of fused-ring (bicyclic) bond motifs is 1. The summed E-state index contributed by atoms with van der Waals surface area (Å²) in [6.07, 6.45) is 5.10. The van der Waals surface area contributed by atoms with Crippen LogP contribution in [0.1, 0.15) is 31.2 Å². The van der Waals surface area contributed by atoms with Gasteiger partial charge in [-0.05, 0) is 43.4 Å². The van der Waals surface area contributed by atoms with Crippen molar-refractivity contribution in [1.29, 1.82) is 0 Å². The molecule has 1 heterocycles. The van der Waals surface area contributed by atoms with Crippen LogP contribution in [0.2, 0.25) is 0 Å². The predicted molar refractivity (Wildman–Crippen MR) is 78.2 cm³/mol. The highest BCUT2D eigenvalue weighted by Crippen LogP contribution is 2.48. The normalized spacial score (nSPS) is 17.2. The molecule has 18 heavy (non-hydrogen) atoms. The van der Waals surface area contributed by atoms with Gasteiger partial charge < -0.3 is 5.32 Å². The molecule has 0 atom stereocenters. The Balaban J connectivity index is 1.68. The number of para-hydroxylation sites is 1. The molecular weight excluding hydrogens is 240 g/mol. The fraction of sp³-hybridized carbons (Fsp3) is 0.533. The summed E-state index contributed by atoms with van der Waals surface area (Å²) in [5.41, 5.74) is 1.68. The summed E-state index contributed by atoms with van der Waals surface area (Å²) in [6, 6.07) is 8.46. The third-order valence-corrected chi connectivity index (χ3v) is 4.78. The molecule has 0 amide bonds. The molecule has 1 aliphatic carbocycles. The van der Waals surface area contributed by atoms with Crippen LogP contribution in [-0.4, -0.2) is 18.1 Å². The van der Waals surface area contributed by atoms with Crippen LogP contribution in [0.3, 0.4) is 0 Å². The lowest BCUT2D eigenvalue weighted by Crippen LogP contribution is -2.26. The molecule has 1 aromatic carbocycles. The number of hydrogen-bond donors (Lipinski definition) is 1. The summed E-state index contributed by atoms with van der Waals surface area (Å²) in [5.74, 6) is 0. The Hall–Kier alpha value is -0.930. The van der Waals surface area contributed by atoms with Crippen molar-refractivity contribution >= 4 is 21.6 Å². The van der Waals surface area contributed by atoms with Gasteiger partial charge in [0.2, 0.25) is 0 Å². The maximum absolute atomic E-state index is 4.76. The van der Waals surface area contributed by atoms with E-state index in [9.17, 15) is 0 Å². The number of rotatable bonds is 6. The van der Waals surface area contributed by atoms with E-state index in [1.807, 2.05) is 11.3 Å². The zero-order valence-electron chi connectivity index (χ0n) is 10.9. The Bertz CT molecular complexity index is 495. The minimum absolute atomic E-state index is 0.517. The van der Waals surface area contributed by atoms with Crippen molar-refractivity contribution in [3.8, 4) is 0 Å². The Morgan fingerprint density at radius 3 is 2.89 bits per heavy atom. The second-order valence-corrected chi connectivity index (χ2v) is 6.54. The van der Waals surface area contributed by atoms with Gasteiger partial charge in [0.1, 0.15) is 0 Å². The number of hydrogen-bond acceptors (Lipinski definition) is 3. The molecule has 3 heteroatoms.